The van der Waals surface area contributed by atoms with Gasteiger partial charge in [-0.3, -0.25) is 0 Å². The molecule has 1 aliphatic carbocycles. The fourth-order valence-corrected chi connectivity index (χ4v) is 4.00. The molecule has 0 aromatic heterocycles. The fraction of sp³-hybridized carbons (Fsp3) is 0.231. The van der Waals surface area contributed by atoms with Gasteiger partial charge in [-0.05, 0) is 46.4 Å². The monoisotopic (exact) mass is 401 g/mol. The summed E-state index contributed by atoms with van der Waals surface area (Å²) in [5.41, 5.74) is 6.09. The molecule has 0 aliphatic heterocycles. The van der Waals surface area contributed by atoms with Crippen molar-refractivity contribution in [3.8, 4) is 22.6 Å². The zero-order chi connectivity index (χ0) is 20.9. The molecule has 4 heteroatoms. The average Bonchev–Trinajstić information content (AvgIpc) is 3.10. The van der Waals surface area contributed by atoms with Crippen molar-refractivity contribution in [3.05, 3.63) is 96.1 Å². The van der Waals surface area contributed by atoms with E-state index >= 15 is 0 Å². The molecular weight excluding hydrogens is 374 g/mol. The molecular formula is C26H27NO3. The van der Waals surface area contributed by atoms with Crippen molar-refractivity contribution in [2.75, 3.05) is 20.3 Å². The summed E-state index contributed by atoms with van der Waals surface area (Å²) in [6.07, 6.45) is 1.97. The first kappa shape index (κ1) is 20.2. The lowest BCUT2D eigenvalue weighted by Gasteiger charge is -2.19. The molecule has 154 valence electrons. The largest absolute Gasteiger partial charge is 0.493 e. The third-order valence-electron chi connectivity index (χ3n) is 5.43. The van der Waals surface area contributed by atoms with Gasteiger partial charge in [0.25, 0.3) is 0 Å². The lowest BCUT2D eigenvalue weighted by molar-refractivity contribution is 0.103. The highest BCUT2D eigenvalue weighted by atomic mass is 16.5. The van der Waals surface area contributed by atoms with Crippen LogP contribution in [-0.2, 0) is 6.42 Å². The van der Waals surface area contributed by atoms with Crippen LogP contribution in [0.1, 0.15) is 22.7 Å². The Kier molecular flexibility index (Phi) is 6.17. The zero-order valence-corrected chi connectivity index (χ0v) is 17.2. The predicted molar refractivity (Wildman–Crippen MR) is 120 cm³/mol. The molecule has 0 fully saturated rings. The number of benzene rings is 3. The molecule has 30 heavy (non-hydrogen) atoms. The highest BCUT2D eigenvalue weighted by molar-refractivity contribution is 5.78. The summed E-state index contributed by atoms with van der Waals surface area (Å²) < 4.78 is 11.3. The van der Waals surface area contributed by atoms with Gasteiger partial charge in [-0.1, -0.05) is 60.7 Å². The van der Waals surface area contributed by atoms with E-state index in [9.17, 15) is 5.11 Å². The van der Waals surface area contributed by atoms with Crippen molar-refractivity contribution >= 4 is 0 Å². The molecule has 0 bridgehead atoms. The molecule has 1 atom stereocenters. The molecule has 4 nitrogen and oxygen atoms in total. The van der Waals surface area contributed by atoms with Gasteiger partial charge in [0.2, 0.25) is 0 Å². The van der Waals surface area contributed by atoms with Gasteiger partial charge < -0.3 is 19.9 Å². The fourth-order valence-electron chi connectivity index (χ4n) is 4.00. The molecule has 1 unspecified atom stereocenters. The normalized spacial score (nSPS) is 13.4. The van der Waals surface area contributed by atoms with E-state index in [-0.39, 0.29) is 12.6 Å². The maximum Gasteiger partial charge on any atom is 0.161 e. The molecule has 1 aliphatic rings. The molecule has 3 aromatic rings. The smallest absolute Gasteiger partial charge is 0.161 e. The Labute approximate surface area is 177 Å². The number of hydrogen-bond acceptors (Lipinski definition) is 4. The van der Waals surface area contributed by atoms with Gasteiger partial charge in [0.15, 0.2) is 11.5 Å². The maximum atomic E-state index is 10.5. The maximum absolute atomic E-state index is 10.5. The van der Waals surface area contributed by atoms with Gasteiger partial charge in [0, 0.05) is 6.54 Å². The molecule has 3 aromatic carbocycles. The van der Waals surface area contributed by atoms with Gasteiger partial charge in [0.1, 0.15) is 12.7 Å². The number of methoxy groups -OCH3 is 1. The van der Waals surface area contributed by atoms with Crippen molar-refractivity contribution in [3.63, 3.8) is 0 Å². The van der Waals surface area contributed by atoms with Gasteiger partial charge in [0.05, 0.1) is 13.2 Å². The van der Waals surface area contributed by atoms with Crippen LogP contribution in [0.15, 0.2) is 79.4 Å². The van der Waals surface area contributed by atoms with Gasteiger partial charge in [-0.2, -0.15) is 0 Å². The number of aliphatic hydroxyl groups is 1. The molecule has 0 amide bonds. The Morgan fingerprint density at radius 2 is 1.67 bits per heavy atom. The van der Waals surface area contributed by atoms with Gasteiger partial charge in [-0.15, -0.1) is 6.58 Å². The summed E-state index contributed by atoms with van der Waals surface area (Å²) in [5.74, 6) is 1.29. The Morgan fingerprint density at radius 3 is 2.30 bits per heavy atom. The average molecular weight is 402 g/mol. The van der Waals surface area contributed by atoms with E-state index in [1.807, 2.05) is 24.3 Å². The molecule has 0 saturated heterocycles. The first-order chi connectivity index (χ1) is 14.7. The van der Waals surface area contributed by atoms with Crippen LogP contribution in [0.25, 0.3) is 11.1 Å². The summed E-state index contributed by atoms with van der Waals surface area (Å²) in [6.45, 7) is 4.36. The van der Waals surface area contributed by atoms with E-state index in [1.54, 1.807) is 7.11 Å². The molecule has 0 heterocycles. The second-order valence-electron chi connectivity index (χ2n) is 7.46. The van der Waals surface area contributed by atoms with Crippen molar-refractivity contribution in [1.82, 2.24) is 5.32 Å². The molecule has 4 rings (SSSR count). The van der Waals surface area contributed by atoms with Crippen LogP contribution in [0, 0.1) is 0 Å². The molecule has 0 radical (unpaired) electrons. The quantitative estimate of drug-likeness (QED) is 0.518. The number of hydrogen-bond donors (Lipinski definition) is 2. The summed E-state index contributed by atoms with van der Waals surface area (Å²) in [4.78, 5) is 0. The number of allylic oxidation sites excluding steroid dienone is 1. The zero-order valence-electron chi connectivity index (χ0n) is 17.2. The topological polar surface area (TPSA) is 50.7 Å². The Balaban J connectivity index is 1.39. The Hall–Kier alpha value is -3.08. The first-order valence-electron chi connectivity index (χ1n) is 10.2. The van der Waals surface area contributed by atoms with E-state index in [2.05, 4.69) is 60.4 Å². The van der Waals surface area contributed by atoms with E-state index in [4.69, 9.17) is 9.47 Å². The highest BCUT2D eigenvalue weighted by Crippen LogP contribution is 2.42. The van der Waals surface area contributed by atoms with Crippen LogP contribution in [0.5, 0.6) is 11.5 Å². The molecule has 0 saturated carbocycles. The van der Waals surface area contributed by atoms with E-state index in [0.29, 0.717) is 18.0 Å². The number of ether oxygens (including phenoxy) is 2. The first-order valence-corrected chi connectivity index (χ1v) is 10.2. The minimum Gasteiger partial charge on any atom is -0.493 e. The molecule has 0 spiro atoms. The highest BCUT2D eigenvalue weighted by Gasteiger charge is 2.28. The third kappa shape index (κ3) is 4.11. The van der Waals surface area contributed by atoms with E-state index in [0.717, 1.165) is 12.0 Å². The lowest BCUT2D eigenvalue weighted by atomic mass is 10.1. The Bertz CT molecular complexity index is 985. The predicted octanol–water partition coefficient (Wildman–Crippen LogP) is 4.52. The van der Waals surface area contributed by atoms with Crippen molar-refractivity contribution in [2.24, 2.45) is 0 Å². The number of fused-ring (bicyclic) bond motifs is 3. The second-order valence-corrected chi connectivity index (χ2v) is 7.46. The van der Waals surface area contributed by atoms with Crippen LogP contribution in [0.4, 0.5) is 0 Å². The van der Waals surface area contributed by atoms with Crippen molar-refractivity contribution in [2.45, 2.75) is 18.6 Å². The number of rotatable bonds is 9. The number of nitrogens with one attached hydrogen (secondary N) is 1. The van der Waals surface area contributed by atoms with Gasteiger partial charge in [-0.25, -0.2) is 0 Å². The van der Waals surface area contributed by atoms with Crippen molar-refractivity contribution in [1.29, 1.82) is 0 Å². The van der Waals surface area contributed by atoms with E-state index < -0.39 is 6.10 Å². The summed E-state index contributed by atoms with van der Waals surface area (Å²) in [7, 11) is 1.62. The summed E-state index contributed by atoms with van der Waals surface area (Å²) in [5, 5.41) is 14.0. The van der Waals surface area contributed by atoms with Crippen LogP contribution in [0.2, 0.25) is 0 Å². The third-order valence-corrected chi connectivity index (χ3v) is 5.43. The summed E-state index contributed by atoms with van der Waals surface area (Å²) >= 11 is 0. The minimum absolute atomic E-state index is 0.0692. The lowest BCUT2D eigenvalue weighted by Crippen LogP contribution is -2.33. The minimum atomic E-state index is -0.650. The second kappa shape index (κ2) is 9.16. The summed E-state index contributed by atoms with van der Waals surface area (Å²) in [6, 6.07) is 22.7. The van der Waals surface area contributed by atoms with Crippen LogP contribution < -0.4 is 14.8 Å². The molecule has 2 N–H and O–H groups in total. The standard InChI is InChI=1S/C26H27NO3/c1-3-8-18-13-14-24(25(15-18)29-2)30-17-19(28)16-27-26-22-11-6-4-9-20(22)21-10-5-7-12-23(21)26/h3-7,9-15,19,26-28H,1,8,16-17H2,2H3. The van der Waals surface area contributed by atoms with Crippen LogP contribution in [0.3, 0.4) is 0 Å². The van der Waals surface area contributed by atoms with Gasteiger partial charge >= 0.3 is 0 Å². The van der Waals surface area contributed by atoms with Crippen LogP contribution >= 0.6 is 0 Å². The Morgan fingerprint density at radius 1 is 1.00 bits per heavy atom. The van der Waals surface area contributed by atoms with E-state index in [1.165, 1.54) is 22.3 Å². The SMILES string of the molecule is C=CCc1ccc(OCC(O)CNC2c3ccccc3-c3ccccc32)c(OC)c1. The van der Waals surface area contributed by atoms with Crippen LogP contribution in [-0.4, -0.2) is 31.5 Å². The number of aliphatic hydroxyl groups excluding tert-OH is 1. The van der Waals surface area contributed by atoms with Crippen molar-refractivity contribution < 1.29 is 14.6 Å².